The quantitative estimate of drug-likeness (QED) is 0.550. The summed E-state index contributed by atoms with van der Waals surface area (Å²) in [5.74, 6) is -0.0304. The summed E-state index contributed by atoms with van der Waals surface area (Å²) in [6.07, 6.45) is 0.944. The van der Waals surface area contributed by atoms with Gasteiger partial charge in [0, 0.05) is 0 Å². The van der Waals surface area contributed by atoms with Gasteiger partial charge in [0.25, 0.3) is 0 Å². The zero-order valence-electron chi connectivity index (χ0n) is 7.54. The van der Waals surface area contributed by atoms with E-state index >= 15 is 0 Å². The maximum Gasteiger partial charge on any atom is 0.523 e. The van der Waals surface area contributed by atoms with Crippen LogP contribution in [-0.2, 0) is 14.3 Å². The largest absolute Gasteiger partial charge is 0.523 e. The first-order chi connectivity index (χ1) is 6.28. The average Bonchev–Trinajstić information content (AvgIpc) is 2.80. The van der Waals surface area contributed by atoms with E-state index in [9.17, 15) is 21.6 Å². The predicted molar refractivity (Wildman–Crippen MR) is 42.9 cm³/mol. The van der Waals surface area contributed by atoms with Crippen LogP contribution >= 0.6 is 0 Å². The maximum absolute atomic E-state index is 11.9. The Labute approximate surface area is 80.4 Å². The van der Waals surface area contributed by atoms with Gasteiger partial charge in [0.15, 0.2) is 0 Å². The molecule has 1 atom stereocenters. The Bertz CT molecular complexity index is 292. The van der Waals surface area contributed by atoms with Gasteiger partial charge in [-0.15, -0.1) is 0 Å². The zero-order valence-corrected chi connectivity index (χ0v) is 8.36. The lowest BCUT2D eigenvalue weighted by Gasteiger charge is -2.15. The topological polar surface area (TPSA) is 43.4 Å². The SMILES string of the molecule is CCC(OS(=O)(=O)C(F)(F)F)C1CC1. The van der Waals surface area contributed by atoms with Crippen LogP contribution in [-0.4, -0.2) is 20.0 Å². The van der Waals surface area contributed by atoms with Gasteiger partial charge in [-0.1, -0.05) is 6.92 Å². The van der Waals surface area contributed by atoms with Crippen LogP contribution in [0.4, 0.5) is 13.2 Å². The van der Waals surface area contributed by atoms with Crippen LogP contribution in [0, 0.1) is 5.92 Å². The van der Waals surface area contributed by atoms with Gasteiger partial charge in [-0.2, -0.15) is 21.6 Å². The van der Waals surface area contributed by atoms with E-state index in [4.69, 9.17) is 0 Å². The molecule has 1 aliphatic carbocycles. The van der Waals surface area contributed by atoms with E-state index in [1.165, 1.54) is 0 Å². The van der Waals surface area contributed by atoms with Crippen molar-refractivity contribution in [3.63, 3.8) is 0 Å². The lowest BCUT2D eigenvalue weighted by Crippen LogP contribution is -2.30. The molecule has 0 N–H and O–H groups in total. The molecule has 0 saturated heterocycles. The highest BCUT2D eigenvalue weighted by atomic mass is 32.2. The van der Waals surface area contributed by atoms with E-state index in [-0.39, 0.29) is 12.3 Å². The van der Waals surface area contributed by atoms with Crippen LogP contribution in [0.2, 0.25) is 0 Å². The molecule has 0 aromatic rings. The zero-order chi connectivity index (χ0) is 11.0. The van der Waals surface area contributed by atoms with Crippen molar-refractivity contribution in [1.82, 2.24) is 0 Å². The second-order valence-electron chi connectivity index (χ2n) is 3.28. The van der Waals surface area contributed by atoms with E-state index in [2.05, 4.69) is 4.18 Å². The summed E-state index contributed by atoms with van der Waals surface area (Å²) < 4.78 is 61.0. The Hall–Kier alpha value is -0.300. The van der Waals surface area contributed by atoms with Gasteiger partial charge in [-0.25, -0.2) is 0 Å². The van der Waals surface area contributed by atoms with Gasteiger partial charge in [0.05, 0.1) is 6.10 Å². The van der Waals surface area contributed by atoms with E-state index in [0.29, 0.717) is 0 Å². The van der Waals surface area contributed by atoms with Gasteiger partial charge in [0.1, 0.15) is 0 Å². The standard InChI is InChI=1S/C7H11F3O3S/c1-2-6(5-3-4-5)13-14(11,12)7(8,9)10/h5-6H,2-4H2,1H3. The van der Waals surface area contributed by atoms with Gasteiger partial charge in [0.2, 0.25) is 0 Å². The van der Waals surface area contributed by atoms with Crippen LogP contribution in [0.15, 0.2) is 0 Å². The molecule has 84 valence electrons. The third-order valence-corrected chi connectivity index (χ3v) is 3.15. The molecule has 0 aromatic carbocycles. The lowest BCUT2D eigenvalue weighted by atomic mass is 10.2. The molecule has 1 unspecified atom stereocenters. The Morgan fingerprint density at radius 1 is 1.43 bits per heavy atom. The van der Waals surface area contributed by atoms with Crippen molar-refractivity contribution in [2.24, 2.45) is 5.92 Å². The number of alkyl halides is 3. The molecule has 7 heteroatoms. The van der Waals surface area contributed by atoms with Crippen molar-refractivity contribution in [1.29, 1.82) is 0 Å². The molecule has 0 amide bonds. The first-order valence-corrected chi connectivity index (χ1v) is 5.68. The van der Waals surface area contributed by atoms with Gasteiger partial charge in [-0.3, -0.25) is 4.18 Å². The van der Waals surface area contributed by atoms with E-state index in [0.717, 1.165) is 12.8 Å². The van der Waals surface area contributed by atoms with Crippen LogP contribution in [0.5, 0.6) is 0 Å². The number of hydrogen-bond donors (Lipinski definition) is 0. The minimum absolute atomic E-state index is 0.0304. The monoisotopic (exact) mass is 232 g/mol. The van der Waals surface area contributed by atoms with Crippen molar-refractivity contribution >= 4 is 10.1 Å². The van der Waals surface area contributed by atoms with E-state index in [1.54, 1.807) is 6.92 Å². The van der Waals surface area contributed by atoms with Gasteiger partial charge in [-0.05, 0) is 25.2 Å². The second kappa shape index (κ2) is 3.69. The summed E-state index contributed by atoms with van der Waals surface area (Å²) in [4.78, 5) is 0. The highest BCUT2D eigenvalue weighted by molar-refractivity contribution is 7.87. The van der Waals surface area contributed by atoms with Crippen LogP contribution in [0.25, 0.3) is 0 Å². The first-order valence-electron chi connectivity index (χ1n) is 4.27. The van der Waals surface area contributed by atoms with Crippen molar-refractivity contribution in [3.8, 4) is 0 Å². The molecule has 1 aliphatic rings. The molecule has 1 saturated carbocycles. The highest BCUT2D eigenvalue weighted by Gasteiger charge is 2.50. The molecule has 3 nitrogen and oxygen atoms in total. The molecule has 0 spiro atoms. The molecule has 1 fully saturated rings. The summed E-state index contributed by atoms with van der Waals surface area (Å²) in [6, 6.07) is 0. The molecule has 0 aliphatic heterocycles. The molecule has 0 heterocycles. The number of halogens is 3. The third kappa shape index (κ3) is 2.60. The minimum atomic E-state index is -5.41. The smallest absolute Gasteiger partial charge is 0.260 e. The van der Waals surface area contributed by atoms with Crippen LogP contribution < -0.4 is 0 Å². The fraction of sp³-hybridized carbons (Fsp3) is 1.00. The Balaban J connectivity index is 2.66. The minimum Gasteiger partial charge on any atom is -0.260 e. The Morgan fingerprint density at radius 2 is 1.93 bits per heavy atom. The summed E-state index contributed by atoms with van der Waals surface area (Å²) in [5.41, 5.74) is -5.31. The van der Waals surface area contributed by atoms with Gasteiger partial charge < -0.3 is 0 Å². The summed E-state index contributed by atoms with van der Waals surface area (Å²) in [6.45, 7) is 1.61. The van der Waals surface area contributed by atoms with Gasteiger partial charge >= 0.3 is 15.6 Å². The first kappa shape index (κ1) is 11.8. The fourth-order valence-corrected chi connectivity index (χ4v) is 1.89. The van der Waals surface area contributed by atoms with Crippen LogP contribution in [0.3, 0.4) is 0 Å². The summed E-state index contributed by atoms with van der Waals surface area (Å²) in [7, 11) is -5.41. The molecule has 1 rings (SSSR count). The fourth-order valence-electron chi connectivity index (χ4n) is 1.17. The maximum atomic E-state index is 11.9. The highest BCUT2D eigenvalue weighted by Crippen LogP contribution is 2.38. The van der Waals surface area contributed by atoms with E-state index in [1.807, 2.05) is 0 Å². The summed E-state index contributed by atoms with van der Waals surface area (Å²) >= 11 is 0. The Morgan fingerprint density at radius 3 is 2.21 bits per heavy atom. The molecule has 0 bridgehead atoms. The normalized spacial score (nSPS) is 20.9. The summed E-state index contributed by atoms with van der Waals surface area (Å²) in [5, 5.41) is 0. The molecule has 14 heavy (non-hydrogen) atoms. The van der Waals surface area contributed by atoms with Crippen molar-refractivity contribution in [2.45, 2.75) is 37.8 Å². The number of hydrogen-bond acceptors (Lipinski definition) is 3. The van der Waals surface area contributed by atoms with Crippen molar-refractivity contribution < 1.29 is 25.8 Å². The molecule has 0 aromatic heterocycles. The Kier molecular flexibility index (Phi) is 3.10. The molecular formula is C7H11F3O3S. The van der Waals surface area contributed by atoms with Crippen molar-refractivity contribution in [2.75, 3.05) is 0 Å². The second-order valence-corrected chi connectivity index (χ2v) is 4.84. The van der Waals surface area contributed by atoms with E-state index < -0.39 is 21.7 Å². The lowest BCUT2D eigenvalue weighted by molar-refractivity contribution is -0.0582. The predicted octanol–water partition coefficient (Wildman–Crippen LogP) is 2.04. The van der Waals surface area contributed by atoms with Crippen molar-refractivity contribution in [3.05, 3.63) is 0 Å². The average molecular weight is 232 g/mol. The third-order valence-electron chi connectivity index (χ3n) is 2.08. The molecular weight excluding hydrogens is 221 g/mol. The number of rotatable bonds is 4. The van der Waals surface area contributed by atoms with Crippen LogP contribution in [0.1, 0.15) is 26.2 Å². The molecule has 0 radical (unpaired) electrons.